The summed E-state index contributed by atoms with van der Waals surface area (Å²) >= 11 is 24.0. The number of carbonyl (C=O) groups excluding carboxylic acids is 1. The van der Waals surface area contributed by atoms with Crippen LogP contribution >= 0.6 is 119 Å². The van der Waals surface area contributed by atoms with Crippen LogP contribution in [0.15, 0.2) is 4.99 Å². The molecule has 0 saturated heterocycles. The molecule has 12 heteroatoms. The van der Waals surface area contributed by atoms with Crippen LogP contribution in [0.25, 0.3) is 0 Å². The van der Waals surface area contributed by atoms with E-state index >= 15 is 0 Å². The summed E-state index contributed by atoms with van der Waals surface area (Å²) in [6.45, 7) is 43.2. The van der Waals surface area contributed by atoms with Gasteiger partial charge in [-0.2, -0.15) is 0 Å². The van der Waals surface area contributed by atoms with Gasteiger partial charge in [0.05, 0.1) is 0 Å². The van der Waals surface area contributed by atoms with Gasteiger partial charge in [0.25, 0.3) is 0 Å². The molecule has 0 fully saturated rings. The summed E-state index contributed by atoms with van der Waals surface area (Å²) in [6, 6.07) is 0. The van der Waals surface area contributed by atoms with Crippen molar-refractivity contribution >= 4 is 134 Å². The van der Waals surface area contributed by atoms with Gasteiger partial charge >= 0.3 is 0 Å². The summed E-state index contributed by atoms with van der Waals surface area (Å²) < 4.78 is 4.55. The highest BCUT2D eigenvalue weighted by Gasteiger charge is 2.21. The van der Waals surface area contributed by atoms with Gasteiger partial charge in [0.15, 0.2) is 0 Å². The normalized spacial score (nSPS) is 12.1. The highest BCUT2D eigenvalue weighted by molar-refractivity contribution is 8.48. The van der Waals surface area contributed by atoms with E-state index in [4.69, 9.17) is 24.4 Å². The first-order chi connectivity index (χ1) is 19.8. The van der Waals surface area contributed by atoms with E-state index in [1.54, 1.807) is 47.0 Å². The van der Waals surface area contributed by atoms with Crippen LogP contribution in [0.1, 0.15) is 138 Å². The fourth-order valence-corrected chi connectivity index (χ4v) is 14.5. The fourth-order valence-electron chi connectivity index (χ4n) is 1.98. The average molecular weight is 815 g/mol. The molecule has 0 aliphatic heterocycles. The predicted molar refractivity (Wildman–Crippen MR) is 244 cm³/mol. The molecule has 0 rings (SSSR count). The number of rotatable bonds is 4. The Balaban J connectivity index is -0.000000251. The molecule has 0 aliphatic carbocycles. The lowest BCUT2D eigenvalue weighted by atomic mass is 10.3. The van der Waals surface area contributed by atoms with E-state index in [1.807, 2.05) is 58.3 Å². The van der Waals surface area contributed by atoms with Crippen LogP contribution in [0, 0.1) is 0 Å². The average Bonchev–Trinajstić information content (AvgIpc) is 2.67. The van der Waals surface area contributed by atoms with E-state index in [9.17, 15) is 4.79 Å². The Bertz CT molecular complexity index is 754. The summed E-state index contributed by atoms with van der Waals surface area (Å²) in [5, 5.41) is 2.08. The topological polar surface area (TPSA) is 29.4 Å². The molecule has 0 atom stereocenters. The molecule has 0 bridgehead atoms. The molecule has 2 nitrogen and oxygen atoms in total. The standard InChI is InChI=1S/C10H21NS2.C9H18S3.C7H14OS2.C7H14S3/c1-9(2,3)12-8(11-7)13-10(4,5)6;1-8(2,3)11-7(10)12-9(4,5)6;2*1-5(2)9-7(8)10-6(3)4/h1-7H3;1-6H3;2*5-6H,1-4H3. The molecule has 0 aromatic heterocycles. The molecule has 0 radical (unpaired) electrons. The molecular formula is C33H67NOS10. The lowest BCUT2D eigenvalue weighted by Gasteiger charge is -2.23. The van der Waals surface area contributed by atoms with Crippen LogP contribution in [0.3, 0.4) is 0 Å². The van der Waals surface area contributed by atoms with Gasteiger partial charge in [-0.25, -0.2) is 0 Å². The summed E-state index contributed by atoms with van der Waals surface area (Å²) in [5.74, 6) is 0. The van der Waals surface area contributed by atoms with E-state index in [1.165, 1.54) is 27.9 Å². The van der Waals surface area contributed by atoms with Gasteiger partial charge in [-0.05, 0) is 0 Å². The van der Waals surface area contributed by atoms with Crippen molar-refractivity contribution in [1.29, 1.82) is 0 Å². The van der Waals surface area contributed by atoms with Crippen molar-refractivity contribution in [2.75, 3.05) is 7.05 Å². The van der Waals surface area contributed by atoms with Gasteiger partial charge in [0.1, 0.15) is 11.4 Å². The van der Waals surface area contributed by atoms with E-state index in [2.05, 4.69) is 116 Å². The number of nitrogens with zero attached hydrogens (tertiary/aromatic N) is 1. The second-order valence-corrected chi connectivity index (χ2v) is 31.2. The summed E-state index contributed by atoms with van der Waals surface area (Å²) in [5.41, 5.74) is 0. The number of thiocarbonyl (C=S) groups is 2. The quantitative estimate of drug-likeness (QED) is 0.154. The van der Waals surface area contributed by atoms with Gasteiger partial charge in [-0.3, -0.25) is 9.79 Å². The molecule has 0 N–H and O–H groups in total. The molecule has 0 spiro atoms. The minimum absolute atomic E-state index is 0.241. The van der Waals surface area contributed by atoms with E-state index < -0.39 is 0 Å². The van der Waals surface area contributed by atoms with Crippen molar-refractivity contribution in [1.82, 2.24) is 0 Å². The molecule has 0 heterocycles. The molecule has 0 amide bonds. The number of hydrogen-bond acceptors (Lipinski definition) is 12. The zero-order chi connectivity index (χ0) is 37.0. The highest BCUT2D eigenvalue weighted by atomic mass is 32.2. The van der Waals surface area contributed by atoms with Crippen molar-refractivity contribution in [3.63, 3.8) is 0 Å². The molecule has 0 aromatic carbocycles. The smallest absolute Gasteiger partial charge is 0.246 e. The molecule has 270 valence electrons. The Morgan fingerprint density at radius 3 is 0.889 bits per heavy atom. The monoisotopic (exact) mass is 813 g/mol. The van der Waals surface area contributed by atoms with Gasteiger partial charge in [0, 0.05) is 47.0 Å². The Kier molecular flexibility index (Phi) is 32.5. The van der Waals surface area contributed by atoms with E-state index in [0.29, 0.717) is 21.0 Å². The maximum atomic E-state index is 11.0. The third kappa shape index (κ3) is 56.0. The van der Waals surface area contributed by atoms with Crippen molar-refractivity contribution in [2.45, 2.75) is 178 Å². The Morgan fingerprint density at radius 2 is 0.711 bits per heavy atom. The van der Waals surface area contributed by atoms with Crippen LogP contribution in [0.2, 0.25) is 0 Å². The summed E-state index contributed by atoms with van der Waals surface area (Å²) in [7, 11) is 1.87. The van der Waals surface area contributed by atoms with E-state index in [-0.39, 0.29) is 23.4 Å². The maximum absolute atomic E-state index is 11.0. The number of hydrogen-bond donors (Lipinski definition) is 0. The highest BCUT2D eigenvalue weighted by Crippen LogP contribution is 2.37. The first kappa shape index (κ1) is 54.1. The fraction of sp³-hybridized carbons (Fsp3) is 0.879. The lowest BCUT2D eigenvalue weighted by molar-refractivity contribution is 0.276. The predicted octanol–water partition coefficient (Wildman–Crippen LogP) is 15.3. The van der Waals surface area contributed by atoms with Crippen LogP contribution in [0.4, 0.5) is 4.79 Å². The maximum Gasteiger partial charge on any atom is 0.246 e. The third-order valence-corrected chi connectivity index (χ3v) is 12.5. The zero-order valence-electron chi connectivity index (χ0n) is 32.2. The minimum atomic E-state index is 0.241. The third-order valence-electron chi connectivity index (χ3n) is 3.08. The van der Waals surface area contributed by atoms with Crippen LogP contribution in [-0.2, 0) is 0 Å². The van der Waals surface area contributed by atoms with Crippen molar-refractivity contribution < 1.29 is 4.79 Å². The second-order valence-electron chi connectivity index (χ2n) is 14.8. The van der Waals surface area contributed by atoms with Crippen molar-refractivity contribution in [3.8, 4) is 0 Å². The molecule has 0 unspecified atom stereocenters. The van der Waals surface area contributed by atoms with Gasteiger partial charge in [-0.15, -0.1) is 47.0 Å². The van der Waals surface area contributed by atoms with Crippen molar-refractivity contribution in [3.05, 3.63) is 0 Å². The van der Waals surface area contributed by atoms with E-state index in [0.717, 1.165) is 7.06 Å². The Labute approximate surface area is 326 Å². The van der Waals surface area contributed by atoms with Gasteiger partial charge in [-0.1, -0.05) is 210 Å². The van der Waals surface area contributed by atoms with Crippen LogP contribution in [0.5, 0.6) is 0 Å². The summed E-state index contributed by atoms with van der Waals surface area (Å²) in [6.07, 6.45) is 0. The minimum Gasteiger partial charge on any atom is -0.275 e. The number of carbonyl (C=O) groups is 1. The second kappa shape index (κ2) is 27.0. The zero-order valence-corrected chi connectivity index (χ0v) is 40.4. The van der Waals surface area contributed by atoms with Crippen molar-refractivity contribution in [2.24, 2.45) is 4.99 Å². The van der Waals surface area contributed by atoms with Gasteiger partial charge in [0.2, 0.25) is 4.45 Å². The Morgan fingerprint density at radius 1 is 0.467 bits per heavy atom. The first-order valence-corrected chi connectivity index (χ1v) is 22.9. The van der Waals surface area contributed by atoms with Gasteiger partial charge < -0.3 is 0 Å². The van der Waals surface area contributed by atoms with Crippen LogP contribution in [-0.4, -0.2) is 62.9 Å². The Hall–Kier alpha value is 2.32. The number of thioether (sulfide) groups is 8. The molecule has 0 aromatic rings. The largest absolute Gasteiger partial charge is 0.275 e. The molecule has 0 saturated carbocycles. The molecule has 0 aliphatic rings. The molecule has 45 heavy (non-hydrogen) atoms. The molecular weight excluding hydrogens is 747 g/mol. The summed E-state index contributed by atoms with van der Waals surface area (Å²) in [4.78, 5) is 15.3. The lowest BCUT2D eigenvalue weighted by Crippen LogP contribution is -2.15. The van der Waals surface area contributed by atoms with Crippen LogP contribution < -0.4 is 0 Å². The first-order valence-electron chi connectivity index (χ1n) is 15.3. The number of aliphatic imine (C=N–C) groups is 1. The SMILES string of the molecule is CC(C)(C)SC(=S)SC(C)(C)C.CC(C)SC(=O)SC(C)C.CC(C)SC(=S)SC(C)C.CN=C(SC(C)(C)C)SC(C)(C)C.